The number of fused-ring (bicyclic) bond motifs is 1. The standard InChI is InChI=1S/C11H18N2O5S2/c1-19-3-2-7(12)9(14)13-11(10(15)16)5-20(17,18)8-4-6(8)11/h6-8H,2-5,12H2,1H3,(H,13,14)(H,15,16)/t6-,7-,8+,11+/m1/s1. The number of thioether (sulfide) groups is 1. The molecule has 1 aliphatic heterocycles. The number of aliphatic carboxylic acids is 1. The zero-order chi connectivity index (χ0) is 15.1. The lowest BCUT2D eigenvalue weighted by Crippen LogP contribution is -2.61. The molecule has 1 amide bonds. The SMILES string of the molecule is CSCC[C@@H](N)C(=O)N[C@@]1(C(=O)O)CS(=O)(=O)[C@H]2C[C@H]21. The van der Waals surface area contributed by atoms with Gasteiger partial charge in [0.05, 0.1) is 17.0 Å². The third kappa shape index (κ3) is 2.53. The van der Waals surface area contributed by atoms with Crippen LogP contribution in [0.25, 0.3) is 0 Å². The molecule has 0 aromatic rings. The van der Waals surface area contributed by atoms with Crippen molar-refractivity contribution in [1.29, 1.82) is 0 Å². The van der Waals surface area contributed by atoms with E-state index in [4.69, 9.17) is 5.73 Å². The van der Waals surface area contributed by atoms with E-state index in [0.717, 1.165) is 0 Å². The molecule has 20 heavy (non-hydrogen) atoms. The largest absolute Gasteiger partial charge is 0.479 e. The lowest BCUT2D eigenvalue weighted by Gasteiger charge is -2.28. The van der Waals surface area contributed by atoms with Gasteiger partial charge < -0.3 is 16.2 Å². The molecule has 4 atom stereocenters. The Labute approximate surface area is 121 Å². The molecule has 4 N–H and O–H groups in total. The van der Waals surface area contributed by atoms with Gasteiger partial charge in [-0.1, -0.05) is 0 Å². The molecule has 2 aliphatic rings. The van der Waals surface area contributed by atoms with Crippen molar-refractivity contribution in [3.8, 4) is 0 Å². The highest BCUT2D eigenvalue weighted by Gasteiger charge is 2.70. The number of rotatable bonds is 6. The number of nitrogens with one attached hydrogen (secondary N) is 1. The number of carboxylic acids is 1. The highest BCUT2D eigenvalue weighted by Crippen LogP contribution is 2.52. The van der Waals surface area contributed by atoms with Crippen LogP contribution in [0, 0.1) is 5.92 Å². The molecule has 9 heteroatoms. The normalized spacial score (nSPS) is 35.1. The van der Waals surface area contributed by atoms with E-state index in [0.29, 0.717) is 18.6 Å². The van der Waals surface area contributed by atoms with Gasteiger partial charge in [0, 0.05) is 5.92 Å². The van der Waals surface area contributed by atoms with Crippen molar-refractivity contribution >= 4 is 33.5 Å². The summed E-state index contributed by atoms with van der Waals surface area (Å²) in [5, 5.41) is 11.1. The minimum atomic E-state index is -3.43. The van der Waals surface area contributed by atoms with Gasteiger partial charge in [-0.3, -0.25) is 4.79 Å². The highest BCUT2D eigenvalue weighted by atomic mass is 32.2. The van der Waals surface area contributed by atoms with Crippen molar-refractivity contribution in [3.63, 3.8) is 0 Å². The number of nitrogens with two attached hydrogens (primary N) is 1. The van der Waals surface area contributed by atoms with Gasteiger partial charge in [-0.2, -0.15) is 11.8 Å². The summed E-state index contributed by atoms with van der Waals surface area (Å²) >= 11 is 1.53. The van der Waals surface area contributed by atoms with Crippen LogP contribution in [0.4, 0.5) is 0 Å². The quantitative estimate of drug-likeness (QED) is 0.562. The summed E-state index contributed by atoms with van der Waals surface area (Å²) in [5.41, 5.74) is 4.00. The Morgan fingerprint density at radius 3 is 2.60 bits per heavy atom. The second-order valence-corrected chi connectivity index (χ2v) is 8.55. The van der Waals surface area contributed by atoms with Crippen molar-refractivity contribution in [2.45, 2.75) is 29.7 Å². The summed E-state index contributed by atoms with van der Waals surface area (Å²) in [6.07, 6.45) is 2.60. The zero-order valence-electron chi connectivity index (χ0n) is 11.0. The summed E-state index contributed by atoms with van der Waals surface area (Å²) in [6, 6.07) is -0.820. The molecule has 1 saturated carbocycles. The smallest absolute Gasteiger partial charge is 0.330 e. The molecular formula is C11H18N2O5S2. The van der Waals surface area contributed by atoms with Gasteiger partial charge in [0.2, 0.25) is 5.91 Å². The first kappa shape index (κ1) is 15.6. The number of carbonyl (C=O) groups is 2. The first-order valence-electron chi connectivity index (χ1n) is 6.26. The topological polar surface area (TPSA) is 127 Å². The van der Waals surface area contributed by atoms with E-state index in [1.165, 1.54) is 11.8 Å². The van der Waals surface area contributed by atoms with Crippen LogP contribution in [0.2, 0.25) is 0 Å². The van der Waals surface area contributed by atoms with E-state index >= 15 is 0 Å². The molecule has 0 aromatic carbocycles. The van der Waals surface area contributed by atoms with E-state index < -0.39 is 50.2 Å². The van der Waals surface area contributed by atoms with Crippen LogP contribution in [-0.4, -0.2) is 60.0 Å². The van der Waals surface area contributed by atoms with Gasteiger partial charge in [-0.05, 0) is 24.9 Å². The third-order valence-electron chi connectivity index (χ3n) is 3.95. The van der Waals surface area contributed by atoms with Crippen LogP contribution in [-0.2, 0) is 19.4 Å². The average molecular weight is 322 g/mol. The van der Waals surface area contributed by atoms with Crippen LogP contribution in [0.5, 0.6) is 0 Å². The molecule has 7 nitrogen and oxygen atoms in total. The Balaban J connectivity index is 2.13. The number of sulfone groups is 1. The first-order valence-corrected chi connectivity index (χ1v) is 9.37. The summed E-state index contributed by atoms with van der Waals surface area (Å²) in [6.45, 7) is 0. The monoisotopic (exact) mass is 322 g/mol. The molecule has 1 heterocycles. The van der Waals surface area contributed by atoms with Crippen LogP contribution >= 0.6 is 11.8 Å². The number of hydrogen-bond acceptors (Lipinski definition) is 6. The predicted octanol–water partition coefficient (Wildman–Crippen LogP) is -1.18. The second kappa shape index (κ2) is 5.19. The van der Waals surface area contributed by atoms with Crippen molar-refractivity contribution in [1.82, 2.24) is 5.32 Å². The van der Waals surface area contributed by atoms with Crippen molar-refractivity contribution in [3.05, 3.63) is 0 Å². The molecule has 0 aromatic heterocycles. The number of carboxylic acid groups (broad SMARTS) is 1. The number of hydrogen-bond donors (Lipinski definition) is 3. The van der Waals surface area contributed by atoms with Crippen LogP contribution in [0.15, 0.2) is 0 Å². The molecule has 2 fully saturated rings. The van der Waals surface area contributed by atoms with Gasteiger partial charge in [0.1, 0.15) is 0 Å². The van der Waals surface area contributed by atoms with E-state index in [1.807, 2.05) is 6.26 Å². The molecule has 1 saturated heterocycles. The second-order valence-electron chi connectivity index (χ2n) is 5.34. The molecule has 1 aliphatic carbocycles. The Morgan fingerprint density at radius 1 is 1.55 bits per heavy atom. The fraction of sp³-hybridized carbons (Fsp3) is 0.818. The molecule has 0 bridgehead atoms. The van der Waals surface area contributed by atoms with E-state index in [9.17, 15) is 23.1 Å². The lowest BCUT2D eigenvalue weighted by atomic mass is 9.95. The maximum absolute atomic E-state index is 12.0. The van der Waals surface area contributed by atoms with Crippen molar-refractivity contribution in [2.75, 3.05) is 17.8 Å². The fourth-order valence-corrected chi connectivity index (χ4v) is 5.69. The lowest BCUT2D eigenvalue weighted by molar-refractivity contribution is -0.147. The number of carbonyl (C=O) groups excluding carboxylic acids is 1. The minimum absolute atomic E-state index is 0.301. The molecule has 0 radical (unpaired) electrons. The van der Waals surface area contributed by atoms with Crippen molar-refractivity contribution in [2.24, 2.45) is 11.7 Å². The highest BCUT2D eigenvalue weighted by molar-refractivity contribution is 7.98. The average Bonchev–Trinajstić information content (AvgIpc) is 3.11. The zero-order valence-corrected chi connectivity index (χ0v) is 12.7. The molecule has 0 spiro atoms. The van der Waals surface area contributed by atoms with E-state index in [2.05, 4.69) is 5.32 Å². The van der Waals surface area contributed by atoms with Gasteiger partial charge in [-0.15, -0.1) is 0 Å². The predicted molar refractivity (Wildman–Crippen MR) is 75.2 cm³/mol. The maximum atomic E-state index is 12.0. The Hall–Kier alpha value is -0.800. The Morgan fingerprint density at radius 2 is 2.20 bits per heavy atom. The minimum Gasteiger partial charge on any atom is -0.479 e. The maximum Gasteiger partial charge on any atom is 0.330 e. The van der Waals surface area contributed by atoms with Gasteiger partial charge in [0.15, 0.2) is 15.4 Å². The number of amides is 1. The van der Waals surface area contributed by atoms with E-state index in [1.54, 1.807) is 0 Å². The fourth-order valence-electron chi connectivity index (χ4n) is 2.71. The molecule has 0 unspecified atom stereocenters. The molecular weight excluding hydrogens is 304 g/mol. The van der Waals surface area contributed by atoms with Crippen molar-refractivity contribution < 1.29 is 23.1 Å². The van der Waals surface area contributed by atoms with Gasteiger partial charge in [0.25, 0.3) is 0 Å². The summed E-state index contributed by atoms with van der Waals surface area (Å²) in [4.78, 5) is 23.5. The van der Waals surface area contributed by atoms with Crippen LogP contribution in [0.3, 0.4) is 0 Å². The summed E-state index contributed by atoms with van der Waals surface area (Å²) in [7, 11) is -3.43. The third-order valence-corrected chi connectivity index (χ3v) is 6.90. The summed E-state index contributed by atoms with van der Waals surface area (Å²) < 4.78 is 23.6. The Kier molecular flexibility index (Phi) is 4.05. The first-order chi connectivity index (χ1) is 9.24. The van der Waals surface area contributed by atoms with Gasteiger partial charge >= 0.3 is 5.97 Å². The van der Waals surface area contributed by atoms with Gasteiger partial charge in [-0.25, -0.2) is 13.2 Å². The Bertz CT molecular complexity index is 535. The summed E-state index contributed by atoms with van der Waals surface area (Å²) in [5.74, 6) is -2.27. The van der Waals surface area contributed by atoms with Crippen LogP contribution < -0.4 is 11.1 Å². The molecule has 114 valence electrons. The van der Waals surface area contributed by atoms with E-state index in [-0.39, 0.29) is 0 Å². The molecule has 2 rings (SSSR count). The van der Waals surface area contributed by atoms with Crippen LogP contribution in [0.1, 0.15) is 12.8 Å².